The molecule has 0 aliphatic carbocycles. The maximum absolute atomic E-state index is 11.5. The van der Waals surface area contributed by atoms with E-state index in [0.29, 0.717) is 11.5 Å². The van der Waals surface area contributed by atoms with Gasteiger partial charge in [-0.05, 0) is 25.0 Å². The molecule has 0 aliphatic heterocycles. The van der Waals surface area contributed by atoms with Gasteiger partial charge >= 0.3 is 0 Å². The molecule has 1 aromatic rings. The molecule has 18 heavy (non-hydrogen) atoms. The largest absolute Gasteiger partial charge is 0.389 e. The van der Waals surface area contributed by atoms with Crippen molar-refractivity contribution in [3.63, 3.8) is 0 Å². The Hall–Kier alpha value is -1.62. The molecule has 0 aliphatic rings. The zero-order chi connectivity index (χ0) is 13.5. The Balaban J connectivity index is 2.72. The number of nitrogens with two attached hydrogens (primary N) is 1. The summed E-state index contributed by atoms with van der Waals surface area (Å²) in [6, 6.07) is 5.70. The van der Waals surface area contributed by atoms with E-state index in [1.54, 1.807) is 0 Å². The van der Waals surface area contributed by atoms with Crippen LogP contribution in [0.25, 0.3) is 0 Å². The Morgan fingerprint density at radius 3 is 2.78 bits per heavy atom. The number of amides is 1. The van der Waals surface area contributed by atoms with Gasteiger partial charge in [-0.3, -0.25) is 4.79 Å². The molecule has 1 aromatic carbocycles. The van der Waals surface area contributed by atoms with Crippen LogP contribution in [0, 0.1) is 6.92 Å². The van der Waals surface area contributed by atoms with E-state index in [9.17, 15) is 4.79 Å². The maximum Gasteiger partial charge on any atom is 0.239 e. The van der Waals surface area contributed by atoms with E-state index in [0.717, 1.165) is 23.2 Å². The maximum atomic E-state index is 11.5. The number of rotatable bonds is 6. The van der Waals surface area contributed by atoms with Gasteiger partial charge in [-0.2, -0.15) is 0 Å². The third-order valence-electron chi connectivity index (χ3n) is 2.54. The van der Waals surface area contributed by atoms with Crippen molar-refractivity contribution < 1.29 is 4.79 Å². The molecule has 4 N–H and O–H groups in total. The summed E-state index contributed by atoms with van der Waals surface area (Å²) >= 11 is 5.00. The highest BCUT2D eigenvalue weighted by Gasteiger charge is 2.08. The zero-order valence-corrected chi connectivity index (χ0v) is 11.6. The Bertz CT molecular complexity index is 446. The molecule has 1 rings (SSSR count). The van der Waals surface area contributed by atoms with Crippen LogP contribution in [0.4, 0.5) is 5.69 Å². The first-order valence-electron chi connectivity index (χ1n) is 5.96. The second kappa shape index (κ2) is 6.96. The van der Waals surface area contributed by atoms with Crippen molar-refractivity contribution in [3.05, 3.63) is 29.3 Å². The van der Waals surface area contributed by atoms with Gasteiger partial charge in [-0.1, -0.05) is 31.3 Å². The molecule has 0 spiro atoms. The minimum absolute atomic E-state index is 0.0333. The van der Waals surface area contributed by atoms with Crippen molar-refractivity contribution in [1.29, 1.82) is 0 Å². The highest BCUT2D eigenvalue weighted by atomic mass is 32.1. The smallest absolute Gasteiger partial charge is 0.239 e. The molecular weight excluding hydrogens is 246 g/mol. The lowest BCUT2D eigenvalue weighted by molar-refractivity contribution is -0.119. The minimum Gasteiger partial charge on any atom is -0.389 e. The van der Waals surface area contributed by atoms with Crippen LogP contribution in [0.3, 0.4) is 0 Å². The van der Waals surface area contributed by atoms with Gasteiger partial charge in [-0.25, -0.2) is 0 Å². The van der Waals surface area contributed by atoms with Gasteiger partial charge in [0.05, 0.1) is 6.54 Å². The standard InChI is InChI=1S/C13H19N3OS/c1-3-7-15-11(17)8-16-12-9(2)5-4-6-10(12)13(14)18/h4-6,16H,3,7-8H2,1-2H3,(H2,14,18)(H,15,17). The number of thiocarbonyl (C=S) groups is 1. The second-order valence-corrected chi connectivity index (χ2v) is 4.51. The normalized spacial score (nSPS) is 9.89. The average Bonchev–Trinajstić information content (AvgIpc) is 2.34. The molecule has 0 saturated heterocycles. The molecule has 98 valence electrons. The monoisotopic (exact) mass is 265 g/mol. The van der Waals surface area contributed by atoms with E-state index < -0.39 is 0 Å². The van der Waals surface area contributed by atoms with Crippen molar-refractivity contribution >= 4 is 28.8 Å². The molecule has 0 bridgehead atoms. The molecule has 4 nitrogen and oxygen atoms in total. The highest BCUT2D eigenvalue weighted by molar-refractivity contribution is 7.80. The summed E-state index contributed by atoms with van der Waals surface area (Å²) < 4.78 is 0. The molecule has 0 aromatic heterocycles. The number of anilines is 1. The van der Waals surface area contributed by atoms with Crippen molar-refractivity contribution in [3.8, 4) is 0 Å². The zero-order valence-electron chi connectivity index (χ0n) is 10.7. The van der Waals surface area contributed by atoms with Crippen molar-refractivity contribution in [2.45, 2.75) is 20.3 Å². The van der Waals surface area contributed by atoms with Crippen LogP contribution in [0.15, 0.2) is 18.2 Å². The fourth-order valence-corrected chi connectivity index (χ4v) is 1.77. The molecule has 5 heteroatoms. The van der Waals surface area contributed by atoms with Gasteiger partial charge in [0.25, 0.3) is 0 Å². The predicted molar refractivity (Wildman–Crippen MR) is 78.9 cm³/mol. The van der Waals surface area contributed by atoms with E-state index >= 15 is 0 Å². The Morgan fingerprint density at radius 2 is 2.17 bits per heavy atom. The first kappa shape index (κ1) is 14.4. The molecule has 1 amide bonds. The van der Waals surface area contributed by atoms with Crippen LogP contribution < -0.4 is 16.4 Å². The number of hydrogen-bond acceptors (Lipinski definition) is 3. The van der Waals surface area contributed by atoms with Crippen molar-refractivity contribution in [2.24, 2.45) is 5.73 Å². The van der Waals surface area contributed by atoms with Gasteiger partial charge in [0, 0.05) is 17.8 Å². The lowest BCUT2D eigenvalue weighted by atomic mass is 10.1. The van der Waals surface area contributed by atoms with Crippen LogP contribution in [0.5, 0.6) is 0 Å². The molecule has 0 heterocycles. The summed E-state index contributed by atoms with van der Waals surface area (Å²) in [6.07, 6.45) is 0.925. The number of carbonyl (C=O) groups excluding carboxylic acids is 1. The highest BCUT2D eigenvalue weighted by Crippen LogP contribution is 2.20. The summed E-state index contributed by atoms with van der Waals surface area (Å²) in [7, 11) is 0. The summed E-state index contributed by atoms with van der Waals surface area (Å²) in [5.74, 6) is -0.0333. The number of aryl methyl sites for hydroxylation is 1. The van der Waals surface area contributed by atoms with Gasteiger partial charge in [0.1, 0.15) is 4.99 Å². The third kappa shape index (κ3) is 4.00. The summed E-state index contributed by atoms with van der Waals surface area (Å²) in [5.41, 5.74) is 8.28. The van der Waals surface area contributed by atoms with E-state index in [4.69, 9.17) is 18.0 Å². The molecule has 0 fully saturated rings. The van der Waals surface area contributed by atoms with E-state index in [1.807, 2.05) is 32.0 Å². The lowest BCUT2D eigenvalue weighted by Crippen LogP contribution is -2.31. The first-order valence-corrected chi connectivity index (χ1v) is 6.37. The average molecular weight is 265 g/mol. The minimum atomic E-state index is -0.0333. The van der Waals surface area contributed by atoms with Crippen LogP contribution in [0.2, 0.25) is 0 Å². The Morgan fingerprint density at radius 1 is 1.44 bits per heavy atom. The van der Waals surface area contributed by atoms with E-state index in [-0.39, 0.29) is 12.5 Å². The molecule has 0 saturated carbocycles. The van der Waals surface area contributed by atoms with Crippen LogP contribution in [-0.2, 0) is 4.79 Å². The molecule has 0 radical (unpaired) electrons. The van der Waals surface area contributed by atoms with Crippen LogP contribution in [0.1, 0.15) is 24.5 Å². The topological polar surface area (TPSA) is 67.2 Å². The predicted octanol–water partition coefficient (Wildman–Crippen LogP) is 1.57. The SMILES string of the molecule is CCCNC(=O)CNc1c(C)cccc1C(N)=S. The Kier molecular flexibility index (Phi) is 5.58. The fraction of sp³-hybridized carbons (Fsp3) is 0.385. The fourth-order valence-electron chi connectivity index (χ4n) is 1.60. The number of hydrogen-bond donors (Lipinski definition) is 3. The van der Waals surface area contributed by atoms with E-state index in [1.165, 1.54) is 0 Å². The summed E-state index contributed by atoms with van der Waals surface area (Å²) in [6.45, 7) is 4.88. The van der Waals surface area contributed by atoms with Gasteiger partial charge in [0.15, 0.2) is 0 Å². The molecular formula is C13H19N3OS. The van der Waals surface area contributed by atoms with Crippen LogP contribution >= 0.6 is 12.2 Å². The van der Waals surface area contributed by atoms with Crippen LogP contribution in [-0.4, -0.2) is 24.0 Å². The number of nitrogens with one attached hydrogen (secondary N) is 2. The summed E-state index contributed by atoms with van der Waals surface area (Å²) in [5, 5.41) is 5.90. The van der Waals surface area contributed by atoms with E-state index in [2.05, 4.69) is 10.6 Å². The van der Waals surface area contributed by atoms with Gasteiger partial charge in [-0.15, -0.1) is 0 Å². The lowest BCUT2D eigenvalue weighted by Gasteiger charge is -2.13. The number of benzene rings is 1. The molecule has 0 unspecified atom stereocenters. The Labute approximate surface area is 113 Å². The second-order valence-electron chi connectivity index (χ2n) is 4.07. The van der Waals surface area contributed by atoms with Gasteiger partial charge < -0.3 is 16.4 Å². The third-order valence-corrected chi connectivity index (χ3v) is 2.76. The number of para-hydroxylation sites is 1. The first-order chi connectivity index (χ1) is 8.56. The van der Waals surface area contributed by atoms with Gasteiger partial charge in [0.2, 0.25) is 5.91 Å². The quantitative estimate of drug-likeness (QED) is 0.683. The van der Waals surface area contributed by atoms with Crippen molar-refractivity contribution in [2.75, 3.05) is 18.4 Å². The van der Waals surface area contributed by atoms with Crippen molar-refractivity contribution in [1.82, 2.24) is 5.32 Å². The number of carbonyl (C=O) groups is 1. The summed E-state index contributed by atoms with van der Waals surface area (Å²) in [4.78, 5) is 11.9. The molecule has 0 atom stereocenters.